The van der Waals surface area contributed by atoms with Gasteiger partial charge in [-0.2, -0.15) is 0 Å². The molecule has 1 heterocycles. The Morgan fingerprint density at radius 2 is 2.12 bits per heavy atom. The Balaban J connectivity index is 2.22. The van der Waals surface area contributed by atoms with E-state index in [0.717, 1.165) is 16.9 Å². The fourth-order valence-corrected chi connectivity index (χ4v) is 3.33. The van der Waals surface area contributed by atoms with Gasteiger partial charge in [0.2, 0.25) is 5.78 Å². The molecule has 2 rings (SSSR count). The fraction of sp³-hybridized carbons (Fsp3) is 0.462. The van der Waals surface area contributed by atoms with Crippen LogP contribution in [0.2, 0.25) is 0 Å². The van der Waals surface area contributed by atoms with Crippen LogP contribution in [0.1, 0.15) is 22.8 Å². The number of methoxy groups -OCH3 is 1. The molecule has 1 aliphatic rings. The minimum Gasteiger partial charge on any atom is -0.497 e. The van der Waals surface area contributed by atoms with Crippen molar-refractivity contribution in [1.82, 2.24) is 0 Å². The Kier molecular flexibility index (Phi) is 3.24. The van der Waals surface area contributed by atoms with Gasteiger partial charge >= 0.3 is 0 Å². The topological polar surface area (TPSA) is 26.3 Å². The highest BCUT2D eigenvalue weighted by Gasteiger charge is 2.44. The van der Waals surface area contributed by atoms with Crippen molar-refractivity contribution < 1.29 is 9.53 Å². The van der Waals surface area contributed by atoms with Crippen molar-refractivity contribution in [3.63, 3.8) is 0 Å². The molecule has 1 atom stereocenters. The van der Waals surface area contributed by atoms with Gasteiger partial charge in [0.25, 0.3) is 0 Å². The number of carbonyl (C=O) groups excluding carboxylic acids is 1. The normalized spacial score (nSPS) is 16.9. The summed E-state index contributed by atoms with van der Waals surface area (Å²) in [6.07, 6.45) is 0. The average molecular weight is 237 g/mol. The summed E-state index contributed by atoms with van der Waals surface area (Å²) in [6.45, 7) is 4.03. The lowest BCUT2D eigenvalue weighted by Gasteiger charge is -2.08. The molecule has 0 amide bonds. The summed E-state index contributed by atoms with van der Waals surface area (Å²) < 4.78 is 5.14. The zero-order chi connectivity index (χ0) is 11.7. The van der Waals surface area contributed by atoms with Crippen LogP contribution < -0.4 is 4.74 Å². The quantitative estimate of drug-likeness (QED) is 0.456. The molecule has 1 aromatic carbocycles. The maximum Gasteiger partial charge on any atom is 0.214 e. The Morgan fingerprint density at radius 3 is 2.62 bits per heavy atom. The first kappa shape index (κ1) is 11.5. The number of hydrogen-bond donors (Lipinski definition) is 0. The molecule has 1 fully saturated rings. The third kappa shape index (κ3) is 2.24. The molecule has 1 saturated heterocycles. The number of Topliss-reactive ketones (excluding diaryl/α,β-unsaturated/α-hetero) is 1. The molecule has 0 aromatic heterocycles. The summed E-state index contributed by atoms with van der Waals surface area (Å²) in [7, 11) is 2.01. The van der Waals surface area contributed by atoms with Crippen LogP contribution in [0.3, 0.4) is 0 Å². The van der Waals surface area contributed by atoms with E-state index in [1.807, 2.05) is 25.1 Å². The van der Waals surface area contributed by atoms with E-state index in [1.165, 1.54) is 11.5 Å². The molecule has 1 aromatic rings. The third-order valence-electron chi connectivity index (χ3n) is 3.01. The Morgan fingerprint density at radius 1 is 1.44 bits per heavy atom. The summed E-state index contributed by atoms with van der Waals surface area (Å²) >= 11 is 0. The number of aryl methyl sites for hydroxylation is 1. The second kappa shape index (κ2) is 4.50. The second-order valence-corrected chi connectivity index (χ2v) is 6.73. The van der Waals surface area contributed by atoms with Crippen LogP contribution in [0.4, 0.5) is 0 Å². The van der Waals surface area contributed by atoms with Gasteiger partial charge in [-0.25, -0.2) is 0 Å². The standard InChI is InChI=1S/C13H17O2S/c1-9-8-11(15-3)4-5-12(9)13(14)10(2)16-6-7-16/h4-5,8,10H,6-7H2,1-3H3/q+1. The highest BCUT2D eigenvalue weighted by atomic mass is 32.2. The van der Waals surface area contributed by atoms with E-state index in [-0.39, 0.29) is 5.25 Å². The van der Waals surface area contributed by atoms with Crippen LogP contribution in [-0.2, 0) is 10.9 Å². The number of hydrogen-bond acceptors (Lipinski definition) is 2. The first-order valence-corrected chi connectivity index (χ1v) is 7.11. The molecule has 0 radical (unpaired) electrons. The maximum atomic E-state index is 12.2. The predicted molar refractivity (Wildman–Crippen MR) is 68.6 cm³/mol. The molecule has 0 spiro atoms. The zero-order valence-electron chi connectivity index (χ0n) is 9.95. The van der Waals surface area contributed by atoms with Gasteiger partial charge in [0, 0.05) is 16.5 Å². The first-order chi connectivity index (χ1) is 7.63. The van der Waals surface area contributed by atoms with Crippen LogP contribution in [0, 0.1) is 6.92 Å². The summed E-state index contributed by atoms with van der Waals surface area (Å²) in [5.74, 6) is 3.58. The van der Waals surface area contributed by atoms with Crippen LogP contribution >= 0.6 is 0 Å². The lowest BCUT2D eigenvalue weighted by molar-refractivity contribution is 0.0993. The van der Waals surface area contributed by atoms with E-state index in [9.17, 15) is 4.79 Å². The van der Waals surface area contributed by atoms with Crippen molar-refractivity contribution in [2.45, 2.75) is 19.1 Å². The highest BCUT2D eigenvalue weighted by molar-refractivity contribution is 8.04. The van der Waals surface area contributed by atoms with Gasteiger partial charge < -0.3 is 4.74 Å². The molecule has 0 aliphatic carbocycles. The molecule has 0 saturated carbocycles. The van der Waals surface area contributed by atoms with E-state index in [2.05, 4.69) is 6.92 Å². The summed E-state index contributed by atoms with van der Waals surface area (Å²) in [6, 6.07) is 5.68. The predicted octanol–water partition coefficient (Wildman–Crippen LogP) is 2.21. The molecule has 0 N–H and O–H groups in total. The lowest BCUT2D eigenvalue weighted by Crippen LogP contribution is -2.21. The second-order valence-electron chi connectivity index (χ2n) is 4.13. The van der Waals surface area contributed by atoms with Gasteiger partial charge in [0.15, 0.2) is 16.8 Å². The van der Waals surface area contributed by atoms with Crippen molar-refractivity contribution in [1.29, 1.82) is 0 Å². The van der Waals surface area contributed by atoms with Gasteiger partial charge in [0.1, 0.15) is 5.75 Å². The minimum atomic E-state index is 0.201. The van der Waals surface area contributed by atoms with E-state index >= 15 is 0 Å². The van der Waals surface area contributed by atoms with Gasteiger partial charge in [-0.3, -0.25) is 4.79 Å². The van der Waals surface area contributed by atoms with Crippen molar-refractivity contribution in [3.8, 4) is 5.75 Å². The number of benzene rings is 1. The maximum absolute atomic E-state index is 12.2. The first-order valence-electron chi connectivity index (χ1n) is 5.48. The number of rotatable bonds is 4. The molecule has 1 aliphatic heterocycles. The van der Waals surface area contributed by atoms with Crippen LogP contribution in [0.15, 0.2) is 18.2 Å². The Bertz CT molecular complexity index is 410. The van der Waals surface area contributed by atoms with Crippen LogP contribution in [0.25, 0.3) is 0 Å². The van der Waals surface area contributed by atoms with Crippen molar-refractivity contribution >= 4 is 16.7 Å². The SMILES string of the molecule is COc1ccc(C(=O)C(C)[S+]2CC2)c(C)c1. The minimum absolute atomic E-state index is 0.201. The number of carbonyl (C=O) groups is 1. The largest absolute Gasteiger partial charge is 0.497 e. The molecule has 86 valence electrons. The molecule has 3 heteroatoms. The Labute approximate surface area is 99.3 Å². The van der Waals surface area contributed by atoms with Gasteiger partial charge in [0.05, 0.1) is 7.11 Å². The van der Waals surface area contributed by atoms with Gasteiger partial charge in [-0.1, -0.05) is 0 Å². The molecular formula is C13H17O2S+. The van der Waals surface area contributed by atoms with Crippen LogP contribution in [-0.4, -0.2) is 29.6 Å². The highest BCUT2D eigenvalue weighted by Crippen LogP contribution is 2.25. The van der Waals surface area contributed by atoms with Crippen LogP contribution in [0.5, 0.6) is 5.75 Å². The van der Waals surface area contributed by atoms with Crippen molar-refractivity contribution in [2.75, 3.05) is 18.6 Å². The average Bonchev–Trinajstić information content (AvgIpc) is 3.10. The van der Waals surface area contributed by atoms with E-state index in [1.54, 1.807) is 7.11 Å². The van der Waals surface area contributed by atoms with E-state index in [0.29, 0.717) is 16.7 Å². The summed E-state index contributed by atoms with van der Waals surface area (Å²) in [4.78, 5) is 12.2. The lowest BCUT2D eigenvalue weighted by atomic mass is 10.0. The molecule has 2 nitrogen and oxygen atoms in total. The van der Waals surface area contributed by atoms with Crippen molar-refractivity contribution in [2.24, 2.45) is 0 Å². The zero-order valence-corrected chi connectivity index (χ0v) is 10.8. The Hall–Kier alpha value is -0.960. The molecule has 0 bridgehead atoms. The van der Waals surface area contributed by atoms with Crippen molar-refractivity contribution in [3.05, 3.63) is 29.3 Å². The third-order valence-corrected chi connectivity index (χ3v) is 5.10. The van der Waals surface area contributed by atoms with Gasteiger partial charge in [-0.05, 0) is 37.6 Å². The molecule has 1 unspecified atom stereocenters. The molecular weight excluding hydrogens is 220 g/mol. The fourth-order valence-electron chi connectivity index (χ4n) is 1.81. The number of ether oxygens (including phenoxy) is 1. The van der Waals surface area contributed by atoms with Gasteiger partial charge in [-0.15, -0.1) is 0 Å². The summed E-state index contributed by atoms with van der Waals surface area (Å²) in [5, 5.41) is 0.201. The monoisotopic (exact) mass is 237 g/mol. The van der Waals surface area contributed by atoms with E-state index in [4.69, 9.17) is 4.74 Å². The smallest absolute Gasteiger partial charge is 0.214 e. The molecule has 16 heavy (non-hydrogen) atoms. The summed E-state index contributed by atoms with van der Waals surface area (Å²) in [5.41, 5.74) is 1.87. The number of ketones is 1. The van der Waals surface area contributed by atoms with E-state index < -0.39 is 0 Å².